The van der Waals surface area contributed by atoms with E-state index in [1.807, 2.05) is 6.92 Å². The zero-order chi connectivity index (χ0) is 14.3. The highest BCUT2D eigenvalue weighted by atomic mass is 16.3. The van der Waals surface area contributed by atoms with Crippen molar-refractivity contribution in [3.05, 3.63) is 23.2 Å². The van der Waals surface area contributed by atoms with Gasteiger partial charge in [0.2, 0.25) is 0 Å². The van der Waals surface area contributed by atoms with Gasteiger partial charge in [0, 0.05) is 11.6 Å². The molecule has 2 atom stereocenters. The Morgan fingerprint density at radius 3 is 2.42 bits per heavy atom. The van der Waals surface area contributed by atoms with Gasteiger partial charge < -0.3 is 9.73 Å². The highest BCUT2D eigenvalue weighted by Crippen LogP contribution is 2.30. The number of furan rings is 1. The zero-order valence-electron chi connectivity index (χ0n) is 13.4. The lowest BCUT2D eigenvalue weighted by molar-refractivity contribution is 0.354. The molecule has 0 aromatic carbocycles. The van der Waals surface area contributed by atoms with Gasteiger partial charge in [-0.2, -0.15) is 0 Å². The fraction of sp³-hybridized carbons (Fsp3) is 0.765. The van der Waals surface area contributed by atoms with Crippen molar-refractivity contribution in [1.82, 2.24) is 5.32 Å². The average molecular weight is 265 g/mol. The molecule has 2 unspecified atom stereocenters. The Kier molecular flexibility index (Phi) is 7.22. The normalized spacial score (nSPS) is 14.6. The summed E-state index contributed by atoms with van der Waals surface area (Å²) in [4.78, 5) is 0. The molecular weight excluding hydrogens is 234 g/mol. The van der Waals surface area contributed by atoms with Gasteiger partial charge in [0.25, 0.3) is 0 Å². The van der Waals surface area contributed by atoms with E-state index in [9.17, 15) is 0 Å². The van der Waals surface area contributed by atoms with Crippen molar-refractivity contribution < 1.29 is 4.42 Å². The molecule has 0 amide bonds. The second-order valence-electron chi connectivity index (χ2n) is 5.63. The van der Waals surface area contributed by atoms with E-state index in [4.69, 9.17) is 4.42 Å². The van der Waals surface area contributed by atoms with Crippen LogP contribution in [-0.2, 0) is 0 Å². The lowest BCUT2D eigenvalue weighted by Gasteiger charge is -2.23. The first-order chi connectivity index (χ1) is 9.12. The second-order valence-corrected chi connectivity index (χ2v) is 5.63. The van der Waals surface area contributed by atoms with Crippen LogP contribution in [0.5, 0.6) is 0 Å². The molecule has 1 aromatic rings. The molecule has 0 fully saturated rings. The molecule has 19 heavy (non-hydrogen) atoms. The number of nitrogens with one attached hydrogen (secondary N) is 1. The summed E-state index contributed by atoms with van der Waals surface area (Å²) in [5, 5.41) is 3.63. The molecule has 0 saturated carbocycles. The highest BCUT2D eigenvalue weighted by molar-refractivity contribution is 5.24. The van der Waals surface area contributed by atoms with Crippen LogP contribution >= 0.6 is 0 Å². The second kappa shape index (κ2) is 8.42. The van der Waals surface area contributed by atoms with Crippen LogP contribution in [-0.4, -0.2) is 6.54 Å². The molecule has 0 aliphatic heterocycles. The van der Waals surface area contributed by atoms with Crippen molar-refractivity contribution in [2.75, 3.05) is 6.54 Å². The van der Waals surface area contributed by atoms with Crippen LogP contribution in [0.1, 0.15) is 76.0 Å². The van der Waals surface area contributed by atoms with Crippen molar-refractivity contribution in [1.29, 1.82) is 0 Å². The van der Waals surface area contributed by atoms with Crippen molar-refractivity contribution in [2.24, 2.45) is 5.92 Å². The minimum absolute atomic E-state index is 0.448. The predicted molar refractivity (Wildman–Crippen MR) is 82.5 cm³/mol. The molecule has 0 aliphatic rings. The minimum Gasteiger partial charge on any atom is -0.466 e. The maximum atomic E-state index is 5.70. The largest absolute Gasteiger partial charge is 0.466 e. The van der Waals surface area contributed by atoms with Crippen LogP contribution in [0.2, 0.25) is 0 Å². The number of rotatable bonds is 9. The molecule has 1 N–H and O–H groups in total. The molecule has 1 rings (SSSR count). The molecular formula is C17H31NO. The molecule has 0 radical (unpaired) electrons. The molecule has 0 saturated heterocycles. The first kappa shape index (κ1) is 16.3. The monoisotopic (exact) mass is 265 g/mol. The Labute approximate surface area is 119 Å². The van der Waals surface area contributed by atoms with E-state index in [0.717, 1.165) is 24.0 Å². The van der Waals surface area contributed by atoms with Crippen LogP contribution in [0, 0.1) is 19.8 Å². The Bertz CT molecular complexity index is 356. The van der Waals surface area contributed by atoms with E-state index >= 15 is 0 Å². The van der Waals surface area contributed by atoms with E-state index in [0.29, 0.717) is 6.04 Å². The van der Waals surface area contributed by atoms with Crippen molar-refractivity contribution in [2.45, 2.75) is 72.8 Å². The summed E-state index contributed by atoms with van der Waals surface area (Å²) in [5.41, 5.74) is 1.36. The lowest BCUT2D eigenvalue weighted by Crippen LogP contribution is -2.23. The predicted octanol–water partition coefficient (Wildman–Crippen LogP) is 5.15. The highest BCUT2D eigenvalue weighted by Gasteiger charge is 2.20. The van der Waals surface area contributed by atoms with E-state index in [-0.39, 0.29) is 0 Å². The van der Waals surface area contributed by atoms with Crippen LogP contribution < -0.4 is 5.32 Å². The maximum Gasteiger partial charge on any atom is 0.105 e. The van der Waals surface area contributed by atoms with E-state index in [1.54, 1.807) is 0 Å². The molecule has 0 bridgehead atoms. The van der Waals surface area contributed by atoms with Gasteiger partial charge in [0.05, 0.1) is 0 Å². The van der Waals surface area contributed by atoms with Crippen LogP contribution in [0.4, 0.5) is 0 Å². The molecule has 2 nitrogen and oxygen atoms in total. The van der Waals surface area contributed by atoms with Gasteiger partial charge in [-0.15, -0.1) is 0 Å². The molecule has 1 aromatic heterocycles. The minimum atomic E-state index is 0.448. The lowest BCUT2D eigenvalue weighted by atomic mass is 9.89. The quantitative estimate of drug-likeness (QED) is 0.667. The summed E-state index contributed by atoms with van der Waals surface area (Å²) in [6.45, 7) is 11.9. The smallest absolute Gasteiger partial charge is 0.105 e. The number of aryl methyl sites for hydroxylation is 2. The summed E-state index contributed by atoms with van der Waals surface area (Å²) in [6, 6.07) is 2.65. The first-order valence-electron chi connectivity index (χ1n) is 7.92. The van der Waals surface area contributed by atoms with E-state index < -0.39 is 0 Å². The van der Waals surface area contributed by atoms with Gasteiger partial charge in [0.15, 0.2) is 0 Å². The number of hydrogen-bond donors (Lipinski definition) is 1. The van der Waals surface area contributed by atoms with Crippen LogP contribution in [0.3, 0.4) is 0 Å². The fourth-order valence-corrected chi connectivity index (χ4v) is 2.88. The van der Waals surface area contributed by atoms with Gasteiger partial charge in [-0.05, 0) is 38.8 Å². The fourth-order valence-electron chi connectivity index (χ4n) is 2.88. The Balaban J connectivity index is 2.73. The first-order valence-corrected chi connectivity index (χ1v) is 7.92. The van der Waals surface area contributed by atoms with Gasteiger partial charge >= 0.3 is 0 Å². The van der Waals surface area contributed by atoms with Crippen molar-refractivity contribution in [3.63, 3.8) is 0 Å². The Hall–Kier alpha value is -0.760. The standard InChI is InChI=1S/C17H31NO/c1-6-9-10-15(7-2)12-17(18-8-3)16-11-13(4)19-14(16)5/h11,15,17-18H,6-10,12H2,1-5H3. The molecule has 0 spiro atoms. The van der Waals surface area contributed by atoms with Crippen molar-refractivity contribution in [3.8, 4) is 0 Å². The number of hydrogen-bond acceptors (Lipinski definition) is 2. The molecule has 2 heteroatoms. The molecule has 1 heterocycles. The van der Waals surface area contributed by atoms with Crippen molar-refractivity contribution >= 4 is 0 Å². The van der Waals surface area contributed by atoms with Crippen LogP contribution in [0.25, 0.3) is 0 Å². The van der Waals surface area contributed by atoms with Gasteiger partial charge in [-0.3, -0.25) is 0 Å². The summed E-state index contributed by atoms with van der Waals surface area (Å²) in [7, 11) is 0. The van der Waals surface area contributed by atoms with Gasteiger partial charge in [-0.25, -0.2) is 0 Å². The van der Waals surface area contributed by atoms with Gasteiger partial charge in [0.1, 0.15) is 11.5 Å². The Morgan fingerprint density at radius 1 is 1.21 bits per heavy atom. The third-order valence-electron chi connectivity index (χ3n) is 4.02. The van der Waals surface area contributed by atoms with Crippen LogP contribution in [0.15, 0.2) is 10.5 Å². The Morgan fingerprint density at radius 2 is 1.95 bits per heavy atom. The summed E-state index contributed by atoms with van der Waals surface area (Å²) in [5.74, 6) is 2.92. The topological polar surface area (TPSA) is 25.2 Å². The third kappa shape index (κ3) is 5.02. The number of unbranched alkanes of at least 4 members (excludes halogenated alkanes) is 1. The summed E-state index contributed by atoms with van der Waals surface area (Å²) in [6.07, 6.45) is 6.50. The molecule has 110 valence electrons. The summed E-state index contributed by atoms with van der Waals surface area (Å²) >= 11 is 0. The molecule has 0 aliphatic carbocycles. The third-order valence-corrected chi connectivity index (χ3v) is 4.02. The zero-order valence-corrected chi connectivity index (χ0v) is 13.4. The van der Waals surface area contributed by atoms with Gasteiger partial charge in [-0.1, -0.05) is 46.5 Å². The SMILES string of the molecule is CCCCC(CC)CC(NCC)c1cc(C)oc1C. The maximum absolute atomic E-state index is 5.70. The van der Waals surface area contributed by atoms with E-state index in [1.165, 1.54) is 37.7 Å². The summed E-state index contributed by atoms with van der Waals surface area (Å²) < 4.78 is 5.70. The average Bonchev–Trinajstić information content (AvgIpc) is 2.72. The van der Waals surface area contributed by atoms with E-state index in [2.05, 4.69) is 39.1 Å².